The molecule has 2 aromatic rings. The van der Waals surface area contributed by atoms with Gasteiger partial charge in [-0.1, -0.05) is 11.2 Å². The smallest absolute Gasteiger partial charge is 0.376 e. The number of halogens is 3. The summed E-state index contributed by atoms with van der Waals surface area (Å²) in [6.07, 6.45) is -4.48. The molecule has 2 amide bonds. The molecule has 0 saturated carbocycles. The van der Waals surface area contributed by atoms with E-state index < -0.39 is 24.5 Å². The molecule has 0 unspecified atom stereocenters. The number of hydrogen-bond acceptors (Lipinski definition) is 5. The van der Waals surface area contributed by atoms with Crippen molar-refractivity contribution in [3.05, 3.63) is 41.7 Å². The standard InChI is InChI=1S/C15H15F3N4O3/c1-9-5-12(22-25-9)21-13(23)7-19-11-4-2-3-10(6-11)14(24)20-8-15(16,17)18/h2-6,19H,7-8H2,1H3,(H,20,24)(H,21,22,23). The molecule has 0 aliphatic carbocycles. The fourth-order valence-corrected chi connectivity index (χ4v) is 1.85. The zero-order valence-corrected chi connectivity index (χ0v) is 13.1. The first kappa shape index (κ1) is 18.3. The van der Waals surface area contributed by atoms with Gasteiger partial charge >= 0.3 is 6.18 Å². The summed E-state index contributed by atoms with van der Waals surface area (Å²) in [5.74, 6) is -0.450. The average molecular weight is 356 g/mol. The fraction of sp³-hybridized carbons (Fsp3) is 0.267. The zero-order chi connectivity index (χ0) is 18.4. The summed E-state index contributed by atoms with van der Waals surface area (Å²) >= 11 is 0. The van der Waals surface area contributed by atoms with Crippen LogP contribution in [-0.4, -0.2) is 36.2 Å². The molecule has 3 N–H and O–H groups in total. The van der Waals surface area contributed by atoms with Crippen LogP contribution in [0.3, 0.4) is 0 Å². The van der Waals surface area contributed by atoms with Crippen molar-refractivity contribution in [3.8, 4) is 0 Å². The first-order chi connectivity index (χ1) is 11.7. The summed E-state index contributed by atoms with van der Waals surface area (Å²) in [4.78, 5) is 23.5. The predicted molar refractivity (Wildman–Crippen MR) is 83.2 cm³/mol. The van der Waals surface area contributed by atoms with Gasteiger partial charge in [0.05, 0.1) is 6.54 Å². The van der Waals surface area contributed by atoms with Crippen molar-refractivity contribution < 1.29 is 27.3 Å². The fourth-order valence-electron chi connectivity index (χ4n) is 1.85. The lowest BCUT2D eigenvalue weighted by Crippen LogP contribution is -2.33. The normalized spacial score (nSPS) is 11.0. The van der Waals surface area contributed by atoms with E-state index in [-0.39, 0.29) is 17.9 Å². The minimum absolute atomic E-state index is 0.0433. The van der Waals surface area contributed by atoms with Crippen LogP contribution in [-0.2, 0) is 4.79 Å². The second kappa shape index (κ2) is 7.69. The van der Waals surface area contributed by atoms with Gasteiger partial charge in [0.1, 0.15) is 12.3 Å². The minimum atomic E-state index is -4.48. The van der Waals surface area contributed by atoms with E-state index in [1.54, 1.807) is 24.4 Å². The van der Waals surface area contributed by atoms with Crippen LogP contribution in [0.25, 0.3) is 0 Å². The Morgan fingerprint density at radius 1 is 1.24 bits per heavy atom. The van der Waals surface area contributed by atoms with Crippen molar-refractivity contribution in [2.24, 2.45) is 0 Å². The van der Waals surface area contributed by atoms with E-state index in [4.69, 9.17) is 4.52 Å². The average Bonchev–Trinajstić information content (AvgIpc) is 2.95. The molecule has 1 aromatic carbocycles. The van der Waals surface area contributed by atoms with Crippen molar-refractivity contribution in [2.45, 2.75) is 13.1 Å². The van der Waals surface area contributed by atoms with Gasteiger partial charge in [-0.25, -0.2) is 0 Å². The number of carbonyl (C=O) groups is 2. The Kier molecular flexibility index (Phi) is 5.63. The highest BCUT2D eigenvalue weighted by molar-refractivity contribution is 5.96. The highest BCUT2D eigenvalue weighted by Crippen LogP contribution is 2.14. The lowest BCUT2D eigenvalue weighted by atomic mass is 10.2. The van der Waals surface area contributed by atoms with E-state index in [0.717, 1.165) is 0 Å². The van der Waals surface area contributed by atoms with Crippen LogP contribution in [0.2, 0.25) is 0 Å². The molecular formula is C15H15F3N4O3. The maximum absolute atomic E-state index is 12.1. The number of amides is 2. The van der Waals surface area contributed by atoms with E-state index >= 15 is 0 Å². The number of aryl methyl sites for hydroxylation is 1. The summed E-state index contributed by atoms with van der Waals surface area (Å²) in [6.45, 7) is 0.138. The lowest BCUT2D eigenvalue weighted by Gasteiger charge is -2.10. The topological polar surface area (TPSA) is 96.3 Å². The molecule has 7 nitrogen and oxygen atoms in total. The molecule has 0 atom stereocenters. The molecule has 0 radical (unpaired) electrons. The molecule has 134 valence electrons. The number of nitrogens with zero attached hydrogens (tertiary/aromatic N) is 1. The molecule has 2 rings (SSSR count). The van der Waals surface area contributed by atoms with Crippen LogP contribution in [0.4, 0.5) is 24.7 Å². The Bertz CT molecular complexity index is 758. The van der Waals surface area contributed by atoms with Crippen LogP contribution in [0.1, 0.15) is 16.1 Å². The van der Waals surface area contributed by atoms with E-state index in [1.807, 2.05) is 0 Å². The van der Waals surface area contributed by atoms with Crippen molar-refractivity contribution >= 4 is 23.3 Å². The second-order valence-electron chi connectivity index (χ2n) is 5.10. The Labute approximate surface area is 140 Å². The number of hydrogen-bond donors (Lipinski definition) is 3. The van der Waals surface area contributed by atoms with Gasteiger partial charge in [-0.2, -0.15) is 13.2 Å². The largest absolute Gasteiger partial charge is 0.405 e. The highest BCUT2D eigenvalue weighted by atomic mass is 19.4. The number of carbonyl (C=O) groups excluding carboxylic acids is 2. The van der Waals surface area contributed by atoms with Gasteiger partial charge in [-0.05, 0) is 25.1 Å². The van der Waals surface area contributed by atoms with Crippen molar-refractivity contribution in [2.75, 3.05) is 23.7 Å². The summed E-state index contributed by atoms with van der Waals surface area (Å²) in [7, 11) is 0. The van der Waals surface area contributed by atoms with Crippen LogP contribution >= 0.6 is 0 Å². The van der Waals surface area contributed by atoms with Gasteiger partial charge in [-0.3, -0.25) is 9.59 Å². The first-order valence-electron chi connectivity index (χ1n) is 7.15. The molecule has 0 bridgehead atoms. The summed E-state index contributed by atoms with van der Waals surface area (Å²) in [6, 6.07) is 7.33. The molecule has 1 aromatic heterocycles. The summed E-state index contributed by atoms with van der Waals surface area (Å²) in [5, 5.41) is 10.6. The van der Waals surface area contributed by atoms with Gasteiger partial charge in [0.15, 0.2) is 5.82 Å². The van der Waals surface area contributed by atoms with Gasteiger partial charge in [0.25, 0.3) is 5.91 Å². The van der Waals surface area contributed by atoms with E-state index in [2.05, 4.69) is 15.8 Å². The Morgan fingerprint density at radius 3 is 2.64 bits per heavy atom. The van der Waals surface area contributed by atoms with Crippen LogP contribution in [0.15, 0.2) is 34.9 Å². The van der Waals surface area contributed by atoms with Gasteiger partial charge in [-0.15, -0.1) is 0 Å². The number of anilines is 2. The monoisotopic (exact) mass is 356 g/mol. The molecule has 0 fully saturated rings. The number of benzene rings is 1. The number of rotatable bonds is 6. The lowest BCUT2D eigenvalue weighted by molar-refractivity contribution is -0.123. The molecule has 1 heterocycles. The molecule has 25 heavy (non-hydrogen) atoms. The first-order valence-corrected chi connectivity index (χ1v) is 7.15. The van der Waals surface area contributed by atoms with E-state index in [9.17, 15) is 22.8 Å². The molecule has 0 spiro atoms. The van der Waals surface area contributed by atoms with Crippen LogP contribution in [0, 0.1) is 6.92 Å². The van der Waals surface area contributed by atoms with Crippen molar-refractivity contribution in [1.29, 1.82) is 0 Å². The third kappa shape index (κ3) is 6.16. The Morgan fingerprint density at radius 2 is 2.00 bits per heavy atom. The Balaban J connectivity index is 1.88. The summed E-state index contributed by atoms with van der Waals surface area (Å²) < 4.78 is 41.2. The van der Waals surface area contributed by atoms with Gasteiger partial charge in [0.2, 0.25) is 5.91 Å². The maximum Gasteiger partial charge on any atom is 0.405 e. The van der Waals surface area contributed by atoms with E-state index in [1.165, 1.54) is 18.2 Å². The molecular weight excluding hydrogens is 341 g/mol. The second-order valence-corrected chi connectivity index (χ2v) is 5.10. The zero-order valence-electron chi connectivity index (χ0n) is 13.1. The van der Waals surface area contributed by atoms with Gasteiger partial charge in [0, 0.05) is 17.3 Å². The maximum atomic E-state index is 12.1. The summed E-state index contributed by atoms with van der Waals surface area (Å²) in [5.41, 5.74) is 0.452. The molecule has 0 saturated heterocycles. The quantitative estimate of drug-likeness (QED) is 0.738. The Hall–Kier alpha value is -3.04. The minimum Gasteiger partial charge on any atom is -0.376 e. The molecule has 0 aliphatic heterocycles. The SMILES string of the molecule is Cc1cc(NC(=O)CNc2cccc(C(=O)NCC(F)(F)F)c2)no1. The van der Waals surface area contributed by atoms with Gasteiger partial charge < -0.3 is 20.5 Å². The highest BCUT2D eigenvalue weighted by Gasteiger charge is 2.27. The van der Waals surface area contributed by atoms with Crippen molar-refractivity contribution in [3.63, 3.8) is 0 Å². The van der Waals surface area contributed by atoms with E-state index in [0.29, 0.717) is 11.4 Å². The third-order valence-corrected chi connectivity index (χ3v) is 2.92. The predicted octanol–water partition coefficient (Wildman–Crippen LogP) is 2.33. The van der Waals surface area contributed by atoms with Crippen molar-refractivity contribution in [1.82, 2.24) is 10.5 Å². The molecule has 0 aliphatic rings. The number of nitrogens with one attached hydrogen (secondary N) is 3. The third-order valence-electron chi connectivity index (χ3n) is 2.92. The number of aromatic nitrogens is 1. The number of alkyl halides is 3. The molecule has 10 heteroatoms. The van der Waals surface area contributed by atoms with Crippen LogP contribution < -0.4 is 16.0 Å². The van der Waals surface area contributed by atoms with Crippen LogP contribution in [0.5, 0.6) is 0 Å².